The molecule has 194 valence electrons. The van der Waals surface area contributed by atoms with Gasteiger partial charge in [-0.3, -0.25) is 45.3 Å². The number of nitro groups is 4. The number of rotatable bonds is 9. The van der Waals surface area contributed by atoms with Crippen LogP contribution in [0, 0.1) is 40.5 Å². The highest BCUT2D eigenvalue weighted by molar-refractivity contribution is 6.13. The van der Waals surface area contributed by atoms with E-state index in [1.807, 2.05) is 0 Å². The van der Waals surface area contributed by atoms with Gasteiger partial charge in [-0.25, -0.2) is 0 Å². The molecule has 0 unspecified atom stereocenters. The van der Waals surface area contributed by atoms with E-state index in [0.29, 0.717) is 12.8 Å². The SMILES string of the molecule is CCCCc1cc2c(c([N+](=O)[O-])c1[N+](=O)[O-])C([N+](=O)[O-])([N+](=O)[O-])C(c1ccccc1)(c1ccccc1)C2=O. The van der Waals surface area contributed by atoms with Crippen molar-refractivity contribution in [3.05, 3.63) is 135 Å². The van der Waals surface area contributed by atoms with Crippen molar-refractivity contribution in [1.29, 1.82) is 0 Å². The number of unbranched alkanes of at least 4 members (excludes halogenated alkanes) is 1. The van der Waals surface area contributed by atoms with Gasteiger partial charge in [0.1, 0.15) is 9.85 Å². The smallest absolute Gasteiger partial charge is 0.292 e. The summed E-state index contributed by atoms with van der Waals surface area (Å²) in [4.78, 5) is 59.8. The topological polar surface area (TPSA) is 190 Å². The number of aryl methyl sites for hydroxylation is 1. The Labute approximate surface area is 214 Å². The Kier molecular flexibility index (Phi) is 6.45. The van der Waals surface area contributed by atoms with Gasteiger partial charge in [-0.2, -0.15) is 0 Å². The number of ketones is 1. The molecule has 4 rings (SSSR count). The minimum absolute atomic E-state index is 0.0538. The van der Waals surface area contributed by atoms with Gasteiger partial charge in [0.25, 0.3) is 0 Å². The second-order valence-electron chi connectivity index (χ2n) is 8.77. The van der Waals surface area contributed by atoms with E-state index in [0.717, 1.165) is 6.07 Å². The molecule has 0 saturated carbocycles. The lowest BCUT2D eigenvalue weighted by atomic mass is 9.65. The maximum Gasteiger partial charge on any atom is 0.512 e. The van der Waals surface area contributed by atoms with Crippen LogP contribution in [0.25, 0.3) is 0 Å². The van der Waals surface area contributed by atoms with Gasteiger partial charge in [-0.1, -0.05) is 74.0 Å². The second kappa shape index (κ2) is 9.42. The fraction of sp³-hybridized carbons (Fsp3) is 0.240. The molecule has 1 aliphatic carbocycles. The van der Waals surface area contributed by atoms with Crippen molar-refractivity contribution in [2.45, 2.75) is 37.3 Å². The largest absolute Gasteiger partial charge is 0.512 e. The third-order valence-electron chi connectivity index (χ3n) is 6.92. The molecule has 0 amide bonds. The molecule has 0 fully saturated rings. The van der Waals surface area contributed by atoms with Gasteiger partial charge in [0, 0.05) is 11.1 Å². The number of nitro benzene ring substituents is 2. The number of carbonyl (C=O) groups excluding carboxylic acids is 1. The van der Waals surface area contributed by atoms with Crippen LogP contribution in [0.4, 0.5) is 11.4 Å². The Bertz CT molecular complexity index is 1440. The van der Waals surface area contributed by atoms with Crippen LogP contribution in [0.2, 0.25) is 0 Å². The van der Waals surface area contributed by atoms with Crippen molar-refractivity contribution in [3.63, 3.8) is 0 Å². The molecular weight excluding hydrogens is 500 g/mol. The highest BCUT2D eigenvalue weighted by Crippen LogP contribution is 2.61. The molecule has 0 atom stereocenters. The molecule has 0 saturated heterocycles. The Morgan fingerprint density at radius 3 is 1.61 bits per heavy atom. The zero-order valence-corrected chi connectivity index (χ0v) is 19.9. The number of nitrogens with zero attached hydrogens (tertiary/aromatic N) is 4. The molecular formula is C25H20N4O9. The number of hydrogen-bond donors (Lipinski definition) is 0. The summed E-state index contributed by atoms with van der Waals surface area (Å²) >= 11 is 0. The molecule has 13 nitrogen and oxygen atoms in total. The molecule has 3 aromatic carbocycles. The van der Waals surface area contributed by atoms with Crippen LogP contribution >= 0.6 is 0 Å². The lowest BCUT2D eigenvalue weighted by Gasteiger charge is -2.32. The first-order valence-electron chi connectivity index (χ1n) is 11.5. The first-order valence-corrected chi connectivity index (χ1v) is 11.5. The van der Waals surface area contributed by atoms with E-state index in [4.69, 9.17) is 0 Å². The Morgan fingerprint density at radius 1 is 0.737 bits per heavy atom. The van der Waals surface area contributed by atoms with E-state index in [2.05, 4.69) is 0 Å². The summed E-state index contributed by atoms with van der Waals surface area (Å²) in [5.74, 6) is -1.13. The van der Waals surface area contributed by atoms with Crippen molar-refractivity contribution in [2.24, 2.45) is 0 Å². The van der Waals surface area contributed by atoms with E-state index >= 15 is 0 Å². The fourth-order valence-electron chi connectivity index (χ4n) is 5.46. The third kappa shape index (κ3) is 3.28. The summed E-state index contributed by atoms with van der Waals surface area (Å²) in [5, 5.41) is 50.4. The quantitative estimate of drug-likeness (QED) is 0.218. The normalized spacial score (nSPS) is 15.0. The first-order chi connectivity index (χ1) is 18.1. The van der Waals surface area contributed by atoms with Crippen LogP contribution in [0.1, 0.15) is 52.4 Å². The third-order valence-corrected chi connectivity index (χ3v) is 6.92. The van der Waals surface area contributed by atoms with Crippen molar-refractivity contribution in [1.82, 2.24) is 0 Å². The van der Waals surface area contributed by atoms with Crippen LogP contribution < -0.4 is 0 Å². The van der Waals surface area contributed by atoms with E-state index in [9.17, 15) is 45.3 Å². The average molecular weight is 520 g/mol. The number of hydrogen-bond acceptors (Lipinski definition) is 9. The lowest BCUT2D eigenvalue weighted by Crippen LogP contribution is -2.59. The molecule has 0 radical (unpaired) electrons. The predicted octanol–water partition coefficient (Wildman–Crippen LogP) is 4.73. The predicted molar refractivity (Wildman–Crippen MR) is 132 cm³/mol. The minimum Gasteiger partial charge on any atom is -0.292 e. The van der Waals surface area contributed by atoms with Gasteiger partial charge in [-0.15, -0.1) is 0 Å². The van der Waals surface area contributed by atoms with E-state index in [-0.39, 0.29) is 23.1 Å². The van der Waals surface area contributed by atoms with E-state index in [1.165, 1.54) is 60.7 Å². The minimum atomic E-state index is -3.70. The fourth-order valence-corrected chi connectivity index (χ4v) is 5.46. The zero-order valence-electron chi connectivity index (χ0n) is 19.9. The molecule has 3 aromatic rings. The van der Waals surface area contributed by atoms with E-state index < -0.39 is 59.1 Å². The zero-order chi connectivity index (χ0) is 27.8. The molecule has 0 heterocycles. The van der Waals surface area contributed by atoms with Crippen molar-refractivity contribution in [2.75, 3.05) is 0 Å². The van der Waals surface area contributed by atoms with Crippen LogP contribution in [0.3, 0.4) is 0 Å². The molecule has 0 aromatic heterocycles. The monoisotopic (exact) mass is 520 g/mol. The van der Waals surface area contributed by atoms with Crippen molar-refractivity contribution < 1.29 is 24.5 Å². The highest BCUT2D eigenvalue weighted by atomic mass is 16.7. The Hall–Kier alpha value is -5.07. The van der Waals surface area contributed by atoms with Gasteiger partial charge in [0.15, 0.2) is 5.78 Å². The molecule has 0 spiro atoms. The maximum atomic E-state index is 14.4. The van der Waals surface area contributed by atoms with Crippen molar-refractivity contribution in [3.8, 4) is 0 Å². The Morgan fingerprint density at radius 2 is 1.21 bits per heavy atom. The summed E-state index contributed by atoms with van der Waals surface area (Å²) in [6.07, 6.45) is 0.840. The maximum absolute atomic E-state index is 14.4. The molecule has 0 N–H and O–H groups in total. The van der Waals surface area contributed by atoms with Gasteiger partial charge < -0.3 is 0 Å². The molecule has 0 aliphatic heterocycles. The van der Waals surface area contributed by atoms with Crippen LogP contribution in [-0.2, 0) is 17.5 Å². The number of Topliss-reactive ketones (excluding diaryl/α,β-unsaturated/α-hetero) is 1. The second-order valence-corrected chi connectivity index (χ2v) is 8.77. The average Bonchev–Trinajstić information content (AvgIpc) is 3.13. The summed E-state index contributed by atoms with van der Waals surface area (Å²) in [6.45, 7) is 1.78. The van der Waals surface area contributed by atoms with Gasteiger partial charge in [0.05, 0.1) is 9.85 Å². The standard InChI is InChI=1S/C25H20N4O9/c1-2-3-10-16-15-19-20(22(27(33)34)21(16)26(31)32)25(28(35)36,29(37)38)24(23(19)30,17-11-6-4-7-12-17)18-13-8-5-9-14-18/h4-9,11-15H,2-3,10H2,1H3. The van der Waals surface area contributed by atoms with Crippen molar-refractivity contribution >= 4 is 17.2 Å². The van der Waals surface area contributed by atoms with Gasteiger partial charge in [-0.05, 0) is 30.0 Å². The Balaban J connectivity index is 2.35. The summed E-state index contributed by atoms with van der Waals surface area (Å²) < 4.78 is 0. The molecule has 0 bridgehead atoms. The van der Waals surface area contributed by atoms with E-state index in [1.54, 1.807) is 6.92 Å². The number of benzene rings is 3. The number of carbonyl (C=O) groups is 1. The molecule has 1 aliphatic rings. The van der Waals surface area contributed by atoms with Crippen LogP contribution in [0.15, 0.2) is 66.7 Å². The molecule has 13 heteroatoms. The molecule has 38 heavy (non-hydrogen) atoms. The van der Waals surface area contributed by atoms with Gasteiger partial charge >= 0.3 is 17.0 Å². The van der Waals surface area contributed by atoms with Crippen LogP contribution in [0.5, 0.6) is 0 Å². The summed E-state index contributed by atoms with van der Waals surface area (Å²) in [7, 11) is 0. The summed E-state index contributed by atoms with van der Waals surface area (Å²) in [6, 6.07) is 14.9. The summed E-state index contributed by atoms with van der Waals surface area (Å²) in [5.41, 5.74) is -11.3. The van der Waals surface area contributed by atoms with Gasteiger partial charge in [0.2, 0.25) is 11.0 Å². The highest BCUT2D eigenvalue weighted by Gasteiger charge is 2.86. The first kappa shape index (κ1) is 26.0. The number of fused-ring (bicyclic) bond motifs is 1. The van der Waals surface area contributed by atoms with Crippen LogP contribution in [-0.4, -0.2) is 25.5 Å². The lowest BCUT2D eigenvalue weighted by molar-refractivity contribution is -0.817.